The number of benzene rings is 2. The van der Waals surface area contributed by atoms with Gasteiger partial charge in [0.15, 0.2) is 0 Å². The van der Waals surface area contributed by atoms with Crippen LogP contribution in [-0.4, -0.2) is 10.9 Å². The standard InChI is InChI=1S/C15H10BrClN2O/c16-12-8-9(17)4-5-14(12)19-15(20)11-2-1-3-13-10(11)6-7-18-13/h1-8,18H,(H,19,20). The molecule has 3 rings (SSSR count). The topological polar surface area (TPSA) is 44.9 Å². The molecule has 0 aliphatic carbocycles. The average molecular weight is 350 g/mol. The number of H-pyrrole nitrogens is 1. The van der Waals surface area contributed by atoms with Crippen molar-refractivity contribution in [2.45, 2.75) is 0 Å². The monoisotopic (exact) mass is 348 g/mol. The van der Waals surface area contributed by atoms with E-state index < -0.39 is 0 Å². The van der Waals surface area contributed by atoms with Crippen LogP contribution in [0.4, 0.5) is 5.69 Å². The lowest BCUT2D eigenvalue weighted by Crippen LogP contribution is -2.12. The fourth-order valence-corrected chi connectivity index (χ4v) is 2.85. The van der Waals surface area contributed by atoms with Gasteiger partial charge in [-0.25, -0.2) is 0 Å². The molecule has 0 unspecified atom stereocenters. The van der Waals surface area contributed by atoms with E-state index in [9.17, 15) is 4.79 Å². The van der Waals surface area contributed by atoms with E-state index in [1.54, 1.807) is 24.3 Å². The summed E-state index contributed by atoms with van der Waals surface area (Å²) in [5.41, 5.74) is 2.25. The molecule has 0 atom stereocenters. The van der Waals surface area contributed by atoms with Crippen molar-refractivity contribution < 1.29 is 4.79 Å². The predicted molar refractivity (Wildman–Crippen MR) is 85.4 cm³/mol. The van der Waals surface area contributed by atoms with Gasteiger partial charge >= 0.3 is 0 Å². The van der Waals surface area contributed by atoms with Gasteiger partial charge in [-0.05, 0) is 52.3 Å². The molecular weight excluding hydrogens is 340 g/mol. The zero-order valence-corrected chi connectivity index (χ0v) is 12.6. The predicted octanol–water partition coefficient (Wildman–Crippen LogP) is 4.84. The van der Waals surface area contributed by atoms with Crippen LogP contribution in [0.2, 0.25) is 5.02 Å². The molecule has 0 radical (unpaired) electrons. The SMILES string of the molecule is O=C(Nc1ccc(Cl)cc1Br)c1cccc2[nH]ccc12. The zero-order chi connectivity index (χ0) is 14.1. The molecule has 3 nitrogen and oxygen atoms in total. The van der Waals surface area contributed by atoms with Crippen molar-refractivity contribution in [3.8, 4) is 0 Å². The minimum Gasteiger partial charge on any atom is -0.361 e. The summed E-state index contributed by atoms with van der Waals surface area (Å²) in [6, 6.07) is 12.7. The van der Waals surface area contributed by atoms with Gasteiger partial charge < -0.3 is 10.3 Å². The molecular formula is C15H10BrClN2O. The van der Waals surface area contributed by atoms with E-state index >= 15 is 0 Å². The number of rotatable bonds is 2. The Bertz CT molecular complexity index is 797. The summed E-state index contributed by atoms with van der Waals surface area (Å²) in [7, 11) is 0. The number of halogens is 2. The highest BCUT2D eigenvalue weighted by molar-refractivity contribution is 9.10. The third-order valence-corrected chi connectivity index (χ3v) is 3.91. The number of fused-ring (bicyclic) bond motifs is 1. The van der Waals surface area contributed by atoms with Gasteiger partial charge in [-0.2, -0.15) is 0 Å². The number of carbonyl (C=O) groups excluding carboxylic acids is 1. The molecule has 0 bridgehead atoms. The molecule has 1 amide bonds. The summed E-state index contributed by atoms with van der Waals surface area (Å²) in [5, 5.41) is 4.39. The summed E-state index contributed by atoms with van der Waals surface area (Å²) >= 11 is 9.27. The first kappa shape index (κ1) is 13.2. The first-order valence-electron chi connectivity index (χ1n) is 5.97. The minimum absolute atomic E-state index is 0.154. The highest BCUT2D eigenvalue weighted by Gasteiger charge is 2.12. The lowest BCUT2D eigenvalue weighted by Gasteiger charge is -2.08. The highest BCUT2D eigenvalue weighted by Crippen LogP contribution is 2.27. The molecule has 20 heavy (non-hydrogen) atoms. The Hall–Kier alpha value is -1.78. The van der Waals surface area contributed by atoms with Crippen molar-refractivity contribution in [2.24, 2.45) is 0 Å². The van der Waals surface area contributed by atoms with E-state index in [1.807, 2.05) is 24.4 Å². The second kappa shape index (κ2) is 5.31. The van der Waals surface area contributed by atoms with Gasteiger partial charge in [0.05, 0.1) is 5.69 Å². The van der Waals surface area contributed by atoms with Gasteiger partial charge in [-0.15, -0.1) is 0 Å². The van der Waals surface area contributed by atoms with Gasteiger partial charge in [0, 0.05) is 32.2 Å². The molecule has 0 spiro atoms. The average Bonchev–Trinajstić information content (AvgIpc) is 2.90. The molecule has 100 valence electrons. The van der Waals surface area contributed by atoms with E-state index in [2.05, 4.69) is 26.2 Å². The van der Waals surface area contributed by atoms with Crippen molar-refractivity contribution in [3.63, 3.8) is 0 Å². The summed E-state index contributed by atoms with van der Waals surface area (Å²) < 4.78 is 0.750. The number of aromatic nitrogens is 1. The summed E-state index contributed by atoms with van der Waals surface area (Å²) in [6.07, 6.45) is 1.82. The molecule has 2 N–H and O–H groups in total. The molecule has 0 saturated heterocycles. The number of carbonyl (C=O) groups is 1. The van der Waals surface area contributed by atoms with Crippen molar-refractivity contribution in [1.29, 1.82) is 0 Å². The quantitative estimate of drug-likeness (QED) is 0.683. The minimum atomic E-state index is -0.154. The Kier molecular flexibility index (Phi) is 3.51. The van der Waals surface area contributed by atoms with E-state index in [4.69, 9.17) is 11.6 Å². The van der Waals surface area contributed by atoms with Crippen LogP contribution in [0.1, 0.15) is 10.4 Å². The summed E-state index contributed by atoms with van der Waals surface area (Å²) in [4.78, 5) is 15.5. The van der Waals surface area contributed by atoms with Gasteiger partial charge in [0.1, 0.15) is 0 Å². The lowest BCUT2D eigenvalue weighted by molar-refractivity contribution is 0.102. The van der Waals surface area contributed by atoms with Crippen LogP contribution in [0, 0.1) is 0 Å². The normalized spacial score (nSPS) is 10.7. The maximum Gasteiger partial charge on any atom is 0.256 e. The van der Waals surface area contributed by atoms with Crippen molar-refractivity contribution >= 4 is 50.0 Å². The number of anilines is 1. The van der Waals surface area contributed by atoms with Crippen molar-refractivity contribution in [3.05, 3.63) is 63.7 Å². The van der Waals surface area contributed by atoms with Crippen LogP contribution >= 0.6 is 27.5 Å². The van der Waals surface area contributed by atoms with Crippen LogP contribution < -0.4 is 5.32 Å². The number of nitrogens with one attached hydrogen (secondary N) is 2. The van der Waals surface area contributed by atoms with Crippen molar-refractivity contribution in [1.82, 2.24) is 4.98 Å². The van der Waals surface area contributed by atoms with Crippen LogP contribution in [0.15, 0.2) is 53.1 Å². The molecule has 3 aromatic rings. The first-order valence-corrected chi connectivity index (χ1v) is 7.15. The molecule has 5 heteroatoms. The second-order valence-electron chi connectivity index (χ2n) is 4.32. The molecule has 0 aliphatic heterocycles. The summed E-state index contributed by atoms with van der Waals surface area (Å²) in [5.74, 6) is -0.154. The third kappa shape index (κ3) is 2.44. The number of hydrogen-bond acceptors (Lipinski definition) is 1. The van der Waals surface area contributed by atoms with Crippen LogP contribution in [0.3, 0.4) is 0 Å². The lowest BCUT2D eigenvalue weighted by atomic mass is 10.1. The third-order valence-electron chi connectivity index (χ3n) is 3.02. The van der Waals surface area contributed by atoms with Crippen LogP contribution in [0.25, 0.3) is 10.9 Å². The van der Waals surface area contributed by atoms with E-state index in [1.165, 1.54) is 0 Å². The number of hydrogen-bond donors (Lipinski definition) is 2. The number of aromatic amines is 1. The maximum atomic E-state index is 12.4. The van der Waals surface area contributed by atoms with E-state index in [-0.39, 0.29) is 5.91 Å². The van der Waals surface area contributed by atoms with E-state index in [0.29, 0.717) is 16.3 Å². The van der Waals surface area contributed by atoms with Crippen molar-refractivity contribution in [2.75, 3.05) is 5.32 Å². The first-order chi connectivity index (χ1) is 9.65. The Morgan fingerprint density at radius 3 is 2.85 bits per heavy atom. The second-order valence-corrected chi connectivity index (χ2v) is 5.61. The van der Waals surface area contributed by atoms with Gasteiger partial charge in [0.25, 0.3) is 5.91 Å². The maximum absolute atomic E-state index is 12.4. The Morgan fingerprint density at radius 1 is 1.20 bits per heavy atom. The van der Waals surface area contributed by atoms with Crippen LogP contribution in [-0.2, 0) is 0 Å². The molecule has 0 saturated carbocycles. The molecule has 2 aromatic carbocycles. The van der Waals surface area contributed by atoms with Gasteiger partial charge in [0.2, 0.25) is 0 Å². The summed E-state index contributed by atoms with van der Waals surface area (Å²) in [6.45, 7) is 0. The Morgan fingerprint density at radius 2 is 2.05 bits per heavy atom. The zero-order valence-electron chi connectivity index (χ0n) is 10.3. The molecule has 0 fully saturated rings. The van der Waals surface area contributed by atoms with Crippen LogP contribution in [0.5, 0.6) is 0 Å². The van der Waals surface area contributed by atoms with E-state index in [0.717, 1.165) is 15.4 Å². The molecule has 1 aromatic heterocycles. The smallest absolute Gasteiger partial charge is 0.256 e. The Labute approximate surface area is 129 Å². The largest absolute Gasteiger partial charge is 0.361 e. The van der Waals surface area contributed by atoms with Gasteiger partial charge in [-0.3, -0.25) is 4.79 Å². The fraction of sp³-hybridized carbons (Fsp3) is 0. The Balaban J connectivity index is 1.95. The molecule has 1 heterocycles. The fourth-order valence-electron chi connectivity index (χ4n) is 2.06. The molecule has 0 aliphatic rings. The highest BCUT2D eigenvalue weighted by atomic mass is 79.9. The number of amides is 1. The van der Waals surface area contributed by atoms with Gasteiger partial charge in [-0.1, -0.05) is 17.7 Å².